The van der Waals surface area contributed by atoms with Crippen LogP contribution in [-0.2, 0) is 0 Å². The third kappa shape index (κ3) is 4.81. The first-order valence-electron chi connectivity index (χ1n) is 18.0. The largest absolute Gasteiger partial charge is 0.456 e. The van der Waals surface area contributed by atoms with Crippen LogP contribution in [0.1, 0.15) is 0 Å². The molecule has 0 N–H and O–H groups in total. The number of para-hydroxylation sites is 2. The van der Waals surface area contributed by atoms with E-state index in [-0.39, 0.29) is 0 Å². The van der Waals surface area contributed by atoms with Crippen LogP contribution in [0.3, 0.4) is 0 Å². The number of fused-ring (bicyclic) bond motifs is 7. The fourth-order valence-electron chi connectivity index (χ4n) is 7.83. The van der Waals surface area contributed by atoms with Crippen LogP contribution in [0.25, 0.3) is 106 Å². The second-order valence-corrected chi connectivity index (χ2v) is 13.5. The fourth-order valence-corrected chi connectivity index (χ4v) is 7.83. The first-order valence-corrected chi connectivity index (χ1v) is 18.0. The van der Waals surface area contributed by atoms with Crippen molar-refractivity contribution < 1.29 is 4.42 Å². The van der Waals surface area contributed by atoms with E-state index in [1.165, 1.54) is 11.1 Å². The standard InChI is InChI=1S/C48H29N5O/c1-3-12-30(13-4-1)32-22-23-34-29-35(25-24-33(34)28-32)46-50-47(45-44-38-17-8-10-21-41(38)54-42(44)26-27-49-45)52-48(51-46)53-39-19-9-7-16-37(39)43-36(18-11-20-40(43)53)31-14-5-2-6-15-31/h1-29H. The Kier molecular flexibility index (Phi) is 6.75. The Morgan fingerprint density at radius 3 is 1.93 bits per heavy atom. The molecular weight excluding hydrogens is 663 g/mol. The molecule has 0 fully saturated rings. The molecule has 0 saturated carbocycles. The van der Waals surface area contributed by atoms with Gasteiger partial charge in [-0.15, -0.1) is 0 Å². The van der Waals surface area contributed by atoms with Crippen LogP contribution in [-0.4, -0.2) is 24.5 Å². The lowest BCUT2D eigenvalue weighted by Gasteiger charge is -2.12. The van der Waals surface area contributed by atoms with E-state index >= 15 is 0 Å². The van der Waals surface area contributed by atoms with Crippen LogP contribution < -0.4 is 0 Å². The maximum Gasteiger partial charge on any atom is 0.238 e. The van der Waals surface area contributed by atoms with Crippen molar-refractivity contribution in [2.45, 2.75) is 0 Å². The number of hydrogen-bond donors (Lipinski definition) is 0. The van der Waals surface area contributed by atoms with Gasteiger partial charge in [-0.05, 0) is 69.4 Å². The van der Waals surface area contributed by atoms with Crippen LogP contribution in [0, 0.1) is 0 Å². The normalized spacial score (nSPS) is 11.7. The lowest BCUT2D eigenvalue weighted by atomic mass is 9.99. The average Bonchev–Trinajstić information content (AvgIpc) is 3.80. The Hall–Kier alpha value is -7.44. The summed E-state index contributed by atoms with van der Waals surface area (Å²) in [5.41, 5.74) is 9.72. The molecule has 0 bridgehead atoms. The molecule has 7 aromatic carbocycles. The molecule has 6 heteroatoms. The highest BCUT2D eigenvalue weighted by molar-refractivity contribution is 6.16. The van der Waals surface area contributed by atoms with Gasteiger partial charge in [-0.3, -0.25) is 9.55 Å². The van der Waals surface area contributed by atoms with Gasteiger partial charge in [-0.2, -0.15) is 9.97 Å². The summed E-state index contributed by atoms with van der Waals surface area (Å²) in [5, 5.41) is 6.34. The van der Waals surface area contributed by atoms with Crippen molar-refractivity contribution in [1.29, 1.82) is 0 Å². The number of pyridine rings is 1. The molecule has 0 unspecified atom stereocenters. The van der Waals surface area contributed by atoms with Gasteiger partial charge >= 0.3 is 0 Å². The maximum atomic E-state index is 6.28. The van der Waals surface area contributed by atoms with E-state index < -0.39 is 0 Å². The summed E-state index contributed by atoms with van der Waals surface area (Å²) in [6.45, 7) is 0. The van der Waals surface area contributed by atoms with Crippen LogP contribution in [0.2, 0.25) is 0 Å². The molecule has 0 amide bonds. The van der Waals surface area contributed by atoms with Gasteiger partial charge < -0.3 is 4.42 Å². The van der Waals surface area contributed by atoms with Gasteiger partial charge in [0, 0.05) is 27.9 Å². The molecule has 54 heavy (non-hydrogen) atoms. The smallest absolute Gasteiger partial charge is 0.238 e. The molecule has 4 aromatic heterocycles. The van der Waals surface area contributed by atoms with Gasteiger partial charge in [0.25, 0.3) is 0 Å². The Labute approximate surface area is 309 Å². The zero-order valence-electron chi connectivity index (χ0n) is 28.9. The minimum Gasteiger partial charge on any atom is -0.456 e. The van der Waals surface area contributed by atoms with Crippen LogP contribution in [0.15, 0.2) is 180 Å². The van der Waals surface area contributed by atoms with Gasteiger partial charge in [-0.25, -0.2) is 4.98 Å². The lowest BCUT2D eigenvalue weighted by Crippen LogP contribution is -2.07. The van der Waals surface area contributed by atoms with E-state index in [1.54, 1.807) is 6.20 Å². The third-order valence-electron chi connectivity index (χ3n) is 10.3. The summed E-state index contributed by atoms with van der Waals surface area (Å²) in [5.74, 6) is 1.54. The summed E-state index contributed by atoms with van der Waals surface area (Å²) in [7, 11) is 0. The first-order chi connectivity index (χ1) is 26.8. The summed E-state index contributed by atoms with van der Waals surface area (Å²) in [6, 6.07) is 58.8. The number of benzene rings is 7. The molecule has 0 aliphatic rings. The summed E-state index contributed by atoms with van der Waals surface area (Å²) in [4.78, 5) is 20.6. The van der Waals surface area contributed by atoms with Gasteiger partial charge in [0.05, 0.1) is 16.4 Å². The van der Waals surface area contributed by atoms with Crippen molar-refractivity contribution >= 4 is 54.5 Å². The third-order valence-corrected chi connectivity index (χ3v) is 10.3. The zero-order chi connectivity index (χ0) is 35.6. The minimum absolute atomic E-state index is 0.469. The van der Waals surface area contributed by atoms with Crippen molar-refractivity contribution in [3.05, 3.63) is 176 Å². The molecule has 0 saturated heterocycles. The van der Waals surface area contributed by atoms with Gasteiger partial charge in [0.15, 0.2) is 11.6 Å². The van der Waals surface area contributed by atoms with Gasteiger partial charge in [0.1, 0.15) is 16.9 Å². The molecule has 11 rings (SSSR count). The van der Waals surface area contributed by atoms with Crippen LogP contribution >= 0.6 is 0 Å². The molecule has 0 aliphatic heterocycles. The highest BCUT2D eigenvalue weighted by atomic mass is 16.3. The van der Waals surface area contributed by atoms with Crippen LogP contribution in [0.5, 0.6) is 0 Å². The Morgan fingerprint density at radius 1 is 0.426 bits per heavy atom. The van der Waals surface area contributed by atoms with E-state index in [9.17, 15) is 0 Å². The predicted molar refractivity (Wildman–Crippen MR) is 218 cm³/mol. The first kappa shape index (κ1) is 30.2. The van der Waals surface area contributed by atoms with Crippen molar-refractivity contribution in [1.82, 2.24) is 24.5 Å². The van der Waals surface area contributed by atoms with Crippen LogP contribution in [0.4, 0.5) is 0 Å². The molecule has 252 valence electrons. The average molecular weight is 692 g/mol. The quantitative estimate of drug-likeness (QED) is 0.180. The molecule has 0 spiro atoms. The van der Waals surface area contributed by atoms with Crippen molar-refractivity contribution in [2.24, 2.45) is 0 Å². The topological polar surface area (TPSA) is 69.6 Å². The number of furan rings is 1. The zero-order valence-corrected chi connectivity index (χ0v) is 28.9. The SMILES string of the molecule is c1ccc(-c2ccc3cc(-c4nc(-c5nccc6oc7ccccc7c56)nc(-n5c6ccccc6c6c(-c7ccccc7)cccc65)n4)ccc3c2)cc1. The summed E-state index contributed by atoms with van der Waals surface area (Å²) in [6.07, 6.45) is 1.76. The van der Waals surface area contributed by atoms with Crippen molar-refractivity contribution in [3.63, 3.8) is 0 Å². The van der Waals surface area contributed by atoms with E-state index in [2.05, 4.69) is 138 Å². The predicted octanol–water partition coefficient (Wildman–Crippen LogP) is 12.1. The number of hydrogen-bond acceptors (Lipinski definition) is 5. The minimum atomic E-state index is 0.469. The maximum absolute atomic E-state index is 6.28. The second-order valence-electron chi connectivity index (χ2n) is 13.5. The molecule has 4 heterocycles. The highest BCUT2D eigenvalue weighted by Gasteiger charge is 2.22. The van der Waals surface area contributed by atoms with E-state index in [0.717, 1.165) is 71.2 Å². The Morgan fingerprint density at radius 2 is 1.09 bits per heavy atom. The van der Waals surface area contributed by atoms with Crippen molar-refractivity contribution in [3.8, 4) is 51.1 Å². The Bertz CT molecular complexity index is 3220. The molecule has 0 radical (unpaired) electrons. The monoisotopic (exact) mass is 691 g/mol. The van der Waals surface area contributed by atoms with Gasteiger partial charge in [-0.1, -0.05) is 133 Å². The van der Waals surface area contributed by atoms with Crippen molar-refractivity contribution in [2.75, 3.05) is 0 Å². The highest BCUT2D eigenvalue weighted by Crippen LogP contribution is 2.39. The summed E-state index contributed by atoms with van der Waals surface area (Å²) < 4.78 is 8.44. The van der Waals surface area contributed by atoms with Gasteiger partial charge in [0.2, 0.25) is 5.95 Å². The molecule has 0 atom stereocenters. The molecule has 11 aromatic rings. The van der Waals surface area contributed by atoms with E-state index in [0.29, 0.717) is 23.3 Å². The lowest BCUT2D eigenvalue weighted by molar-refractivity contribution is 0.668. The molecular formula is C48H29N5O. The fraction of sp³-hybridized carbons (Fsp3) is 0. The summed E-state index contributed by atoms with van der Waals surface area (Å²) >= 11 is 0. The Balaban J connectivity index is 1.18. The number of aromatic nitrogens is 5. The molecule has 6 nitrogen and oxygen atoms in total. The second kappa shape index (κ2) is 12.1. The van der Waals surface area contributed by atoms with E-state index in [1.807, 2.05) is 36.4 Å². The number of nitrogens with zero attached hydrogens (tertiary/aromatic N) is 5. The molecule has 0 aliphatic carbocycles. The number of rotatable bonds is 5. The van der Waals surface area contributed by atoms with E-state index in [4.69, 9.17) is 24.4 Å².